The molecule has 0 amide bonds. The molecule has 2 aliphatic heterocycles. The quantitative estimate of drug-likeness (QED) is 0.303. The van der Waals surface area contributed by atoms with Crippen molar-refractivity contribution in [3.05, 3.63) is 89.0 Å². The van der Waals surface area contributed by atoms with E-state index in [1.807, 2.05) is 6.07 Å². The van der Waals surface area contributed by atoms with E-state index in [-0.39, 0.29) is 23.1 Å². The van der Waals surface area contributed by atoms with E-state index < -0.39 is 12.0 Å². The molecule has 2 aliphatic rings. The summed E-state index contributed by atoms with van der Waals surface area (Å²) in [7, 11) is 0. The molecule has 1 N–H and O–H groups in total. The number of aromatic nitrogens is 2. The van der Waals surface area contributed by atoms with Gasteiger partial charge in [0.2, 0.25) is 0 Å². The third-order valence-corrected chi connectivity index (χ3v) is 9.24. The highest BCUT2D eigenvalue weighted by Gasteiger charge is 2.41. The van der Waals surface area contributed by atoms with Crippen LogP contribution in [0.2, 0.25) is 0 Å². The van der Waals surface area contributed by atoms with Gasteiger partial charge in [-0.25, -0.2) is 4.39 Å². The lowest BCUT2D eigenvalue weighted by Crippen LogP contribution is -2.43. The van der Waals surface area contributed by atoms with E-state index in [0.717, 1.165) is 57.5 Å². The average Bonchev–Trinajstić information content (AvgIpc) is 3.56. The van der Waals surface area contributed by atoms with Gasteiger partial charge in [0.25, 0.3) is 0 Å². The maximum Gasteiger partial charge on any atom is 0.320 e. The van der Waals surface area contributed by atoms with E-state index in [0.29, 0.717) is 18.9 Å². The van der Waals surface area contributed by atoms with Gasteiger partial charge in [-0.2, -0.15) is 5.10 Å². The van der Waals surface area contributed by atoms with Crippen LogP contribution in [0.1, 0.15) is 81.2 Å². The number of halogens is 1. The minimum atomic E-state index is -0.761. The smallest absolute Gasteiger partial charge is 0.320 e. The van der Waals surface area contributed by atoms with Gasteiger partial charge in [-0.15, -0.1) is 0 Å². The summed E-state index contributed by atoms with van der Waals surface area (Å²) >= 11 is 0. The maximum absolute atomic E-state index is 14.3. The Balaban J connectivity index is 1.29. The first-order chi connectivity index (χ1) is 20.1. The van der Waals surface area contributed by atoms with Crippen molar-refractivity contribution in [1.82, 2.24) is 19.6 Å². The average molecular weight is 575 g/mol. The molecule has 1 aromatic heterocycles. The zero-order chi connectivity index (χ0) is 29.9. The molecule has 2 aromatic carbocycles. The van der Waals surface area contributed by atoms with E-state index >= 15 is 0 Å². The minimum absolute atomic E-state index is 0.0955. The summed E-state index contributed by atoms with van der Waals surface area (Å²) in [6.45, 7) is 13.6. The number of aliphatic carboxylic acids is 1. The zero-order valence-electron chi connectivity index (χ0n) is 25.7. The second kappa shape index (κ2) is 13.1. The monoisotopic (exact) mass is 574 g/mol. The summed E-state index contributed by atoms with van der Waals surface area (Å²) in [6, 6.07) is 17.0. The molecule has 6 nitrogen and oxygen atoms in total. The molecule has 0 radical (unpaired) electrons. The molecule has 3 atom stereocenters. The number of carboxylic acids is 1. The molecule has 7 heteroatoms. The van der Waals surface area contributed by atoms with E-state index in [1.54, 1.807) is 12.1 Å². The predicted molar refractivity (Wildman–Crippen MR) is 165 cm³/mol. The van der Waals surface area contributed by atoms with Gasteiger partial charge in [0.1, 0.15) is 11.9 Å². The molecule has 226 valence electrons. The fourth-order valence-corrected chi connectivity index (χ4v) is 7.24. The van der Waals surface area contributed by atoms with Crippen molar-refractivity contribution in [1.29, 1.82) is 0 Å². The molecular weight excluding hydrogens is 527 g/mol. The first-order valence-corrected chi connectivity index (χ1v) is 15.6. The van der Waals surface area contributed by atoms with Gasteiger partial charge in [0.15, 0.2) is 0 Å². The molecule has 0 aliphatic carbocycles. The van der Waals surface area contributed by atoms with Gasteiger partial charge in [0, 0.05) is 50.1 Å². The number of hydrogen-bond acceptors (Lipinski definition) is 4. The van der Waals surface area contributed by atoms with Crippen molar-refractivity contribution >= 4 is 5.97 Å². The second-order valence-electron chi connectivity index (χ2n) is 13.6. The van der Waals surface area contributed by atoms with Crippen molar-refractivity contribution < 1.29 is 14.3 Å². The fourth-order valence-electron chi connectivity index (χ4n) is 7.24. The lowest BCUT2D eigenvalue weighted by molar-refractivity contribution is -0.144. The van der Waals surface area contributed by atoms with Gasteiger partial charge in [-0.3, -0.25) is 14.4 Å². The number of benzene rings is 2. The van der Waals surface area contributed by atoms with Crippen LogP contribution in [-0.4, -0.2) is 69.4 Å². The Morgan fingerprint density at radius 3 is 2.45 bits per heavy atom. The summed E-state index contributed by atoms with van der Waals surface area (Å²) < 4.78 is 16.5. The molecular formula is C35H47FN4O2. The molecule has 0 spiro atoms. The van der Waals surface area contributed by atoms with Crippen LogP contribution in [0.3, 0.4) is 0 Å². The van der Waals surface area contributed by atoms with Crippen molar-refractivity contribution in [2.24, 2.45) is 11.3 Å². The minimum Gasteiger partial charge on any atom is -0.480 e. The van der Waals surface area contributed by atoms with Crippen molar-refractivity contribution in [3.8, 4) is 0 Å². The van der Waals surface area contributed by atoms with Crippen LogP contribution in [0.15, 0.2) is 60.8 Å². The Labute approximate surface area is 250 Å². The van der Waals surface area contributed by atoms with Gasteiger partial charge in [-0.05, 0) is 79.4 Å². The SMILES string of the molecule is CCn1ncc(Cc2ccccc2)c1C1CCN(CC2CN([C@H](CC(C)(C)C)C(=O)O)CC2c2cccc(F)c2)CC1. The number of carbonyl (C=O) groups is 1. The Bertz CT molecular complexity index is 1330. The van der Waals surface area contributed by atoms with Gasteiger partial charge in [-0.1, -0.05) is 63.2 Å². The molecule has 2 unspecified atom stereocenters. The lowest BCUT2D eigenvalue weighted by Gasteiger charge is -2.35. The summed E-state index contributed by atoms with van der Waals surface area (Å²) in [5, 5.41) is 14.9. The number of hydrogen-bond donors (Lipinski definition) is 1. The lowest BCUT2D eigenvalue weighted by atomic mass is 9.86. The van der Waals surface area contributed by atoms with E-state index in [2.05, 4.69) is 78.7 Å². The van der Waals surface area contributed by atoms with Crippen LogP contribution >= 0.6 is 0 Å². The summed E-state index contributed by atoms with van der Waals surface area (Å²) in [5.74, 6) is -0.152. The predicted octanol–water partition coefficient (Wildman–Crippen LogP) is 6.42. The highest BCUT2D eigenvalue weighted by molar-refractivity contribution is 5.73. The number of likely N-dealkylation sites (tertiary alicyclic amines) is 2. The number of rotatable bonds is 10. The van der Waals surface area contributed by atoms with Crippen LogP contribution in [0.4, 0.5) is 4.39 Å². The normalized spacial score (nSPS) is 21.5. The highest BCUT2D eigenvalue weighted by atomic mass is 19.1. The van der Waals surface area contributed by atoms with Crippen LogP contribution in [0.25, 0.3) is 0 Å². The highest BCUT2D eigenvalue weighted by Crippen LogP contribution is 2.38. The van der Waals surface area contributed by atoms with Crippen LogP contribution in [-0.2, 0) is 17.8 Å². The van der Waals surface area contributed by atoms with Crippen LogP contribution in [0, 0.1) is 17.2 Å². The molecule has 3 aromatic rings. The maximum atomic E-state index is 14.3. The Hall–Kier alpha value is -3.03. The molecule has 2 fully saturated rings. The van der Waals surface area contributed by atoms with Crippen molar-refractivity contribution in [2.75, 3.05) is 32.7 Å². The number of carboxylic acid groups (broad SMARTS) is 1. The number of piperidine rings is 1. The number of aryl methyl sites for hydroxylation is 1. The van der Waals surface area contributed by atoms with Crippen molar-refractivity contribution in [2.45, 2.75) is 77.8 Å². The van der Waals surface area contributed by atoms with Crippen LogP contribution < -0.4 is 0 Å². The molecule has 5 rings (SSSR count). The van der Waals surface area contributed by atoms with Gasteiger partial charge >= 0.3 is 5.97 Å². The molecule has 2 saturated heterocycles. The molecule has 42 heavy (non-hydrogen) atoms. The van der Waals surface area contributed by atoms with Crippen molar-refractivity contribution in [3.63, 3.8) is 0 Å². The Morgan fingerprint density at radius 1 is 1.07 bits per heavy atom. The van der Waals surface area contributed by atoms with E-state index in [1.165, 1.54) is 22.9 Å². The Kier molecular flexibility index (Phi) is 9.48. The third-order valence-electron chi connectivity index (χ3n) is 9.24. The molecule has 3 heterocycles. The van der Waals surface area contributed by atoms with Gasteiger partial charge in [0.05, 0.1) is 6.20 Å². The fraction of sp³-hybridized carbons (Fsp3) is 0.543. The standard InChI is InChI=1S/C35H47FN4O2/c1-5-40-33(28(21-37-40)18-25-10-7-6-8-11-25)26-14-16-38(17-15-26)22-29-23-39(32(34(41)42)20-35(2,3)4)24-31(29)27-12-9-13-30(36)19-27/h6-13,19,21,26,29,31-32H,5,14-18,20,22-24H2,1-4H3,(H,41,42)/t29?,31?,32-/m1/s1. The second-order valence-corrected chi connectivity index (χ2v) is 13.6. The summed E-state index contributed by atoms with van der Waals surface area (Å²) in [6.07, 6.45) is 5.72. The van der Waals surface area contributed by atoms with E-state index in [9.17, 15) is 14.3 Å². The topological polar surface area (TPSA) is 61.6 Å². The van der Waals surface area contributed by atoms with Crippen LogP contribution in [0.5, 0.6) is 0 Å². The zero-order valence-corrected chi connectivity index (χ0v) is 25.7. The first kappa shape index (κ1) is 30.4. The molecule has 0 saturated carbocycles. The molecule has 0 bridgehead atoms. The van der Waals surface area contributed by atoms with E-state index in [4.69, 9.17) is 5.10 Å². The van der Waals surface area contributed by atoms with Gasteiger partial charge < -0.3 is 10.0 Å². The largest absolute Gasteiger partial charge is 0.480 e. The summed E-state index contributed by atoms with van der Waals surface area (Å²) in [4.78, 5) is 17.1. The number of nitrogens with zero attached hydrogens (tertiary/aromatic N) is 4. The summed E-state index contributed by atoms with van der Waals surface area (Å²) in [5.41, 5.74) is 4.92. The first-order valence-electron chi connectivity index (χ1n) is 15.6. The Morgan fingerprint density at radius 2 is 1.81 bits per heavy atom. The third kappa shape index (κ3) is 7.30.